The van der Waals surface area contributed by atoms with Gasteiger partial charge in [0.1, 0.15) is 0 Å². The third kappa shape index (κ3) is 2.57. The van der Waals surface area contributed by atoms with Crippen molar-refractivity contribution in [2.45, 2.75) is 6.42 Å². The molecule has 0 radical (unpaired) electrons. The molecular weight excluding hydrogens is 286 g/mol. The molecule has 0 atom stereocenters. The van der Waals surface area contributed by atoms with Crippen molar-refractivity contribution in [3.05, 3.63) is 76.9 Å². The molecule has 4 rings (SSSR count). The van der Waals surface area contributed by atoms with E-state index in [9.17, 15) is 4.79 Å². The van der Waals surface area contributed by atoms with Gasteiger partial charge in [0.25, 0.3) is 0 Å². The number of fused-ring (bicyclic) bond motifs is 1. The van der Waals surface area contributed by atoms with E-state index in [-0.39, 0.29) is 5.78 Å². The van der Waals surface area contributed by atoms with Crippen LogP contribution < -0.4 is 0 Å². The molecule has 3 nitrogen and oxygen atoms in total. The zero-order valence-electron chi connectivity index (χ0n) is 13.0. The van der Waals surface area contributed by atoms with Gasteiger partial charge >= 0.3 is 0 Å². The Morgan fingerprint density at radius 3 is 2.35 bits per heavy atom. The first-order valence-corrected chi connectivity index (χ1v) is 8.08. The minimum Gasteiger partial charge on any atom is -0.378 e. The molecule has 0 aromatic heterocycles. The number of nitrogens with zero attached hydrogens (tertiary/aromatic N) is 1. The predicted molar refractivity (Wildman–Crippen MR) is 90.2 cm³/mol. The van der Waals surface area contributed by atoms with Crippen LogP contribution >= 0.6 is 0 Å². The van der Waals surface area contributed by atoms with E-state index < -0.39 is 0 Å². The molecule has 0 saturated carbocycles. The van der Waals surface area contributed by atoms with Gasteiger partial charge in [-0.25, -0.2) is 0 Å². The number of ketones is 1. The second kappa shape index (κ2) is 6.01. The first-order chi connectivity index (χ1) is 11.3. The SMILES string of the molecule is O=C1/C(=C(\c2ccccc2)N2CCOCC2)Cc2ccccc21. The Labute approximate surface area is 136 Å². The maximum atomic E-state index is 12.9. The molecule has 116 valence electrons. The summed E-state index contributed by atoms with van der Waals surface area (Å²) in [6, 6.07) is 18.2. The summed E-state index contributed by atoms with van der Waals surface area (Å²) in [4.78, 5) is 15.2. The number of hydrogen-bond acceptors (Lipinski definition) is 3. The molecule has 1 heterocycles. The summed E-state index contributed by atoms with van der Waals surface area (Å²) >= 11 is 0. The Bertz CT molecular complexity index is 758. The standard InChI is InChI=1S/C20H19NO2/c22-20-17-9-5-4-8-16(17)14-18(20)19(15-6-2-1-3-7-15)21-10-12-23-13-11-21/h1-9H,10-14H2/b19-18+. The first-order valence-electron chi connectivity index (χ1n) is 8.08. The minimum absolute atomic E-state index is 0.172. The average molecular weight is 305 g/mol. The van der Waals surface area contributed by atoms with Crippen molar-refractivity contribution in [1.82, 2.24) is 4.90 Å². The summed E-state index contributed by atoms with van der Waals surface area (Å²) in [6.45, 7) is 3.09. The number of morpholine rings is 1. The zero-order chi connectivity index (χ0) is 15.6. The molecule has 2 aliphatic rings. The van der Waals surface area contributed by atoms with Gasteiger partial charge in [-0.1, -0.05) is 54.6 Å². The molecule has 1 fully saturated rings. The van der Waals surface area contributed by atoms with Crippen LogP contribution in [0.1, 0.15) is 21.5 Å². The van der Waals surface area contributed by atoms with Crippen LogP contribution in [0, 0.1) is 0 Å². The normalized spacial score (nSPS) is 19.7. The van der Waals surface area contributed by atoms with Crippen molar-refractivity contribution in [2.24, 2.45) is 0 Å². The van der Waals surface area contributed by atoms with Crippen LogP contribution in [0.2, 0.25) is 0 Å². The molecule has 1 aliphatic heterocycles. The third-order valence-electron chi connectivity index (χ3n) is 4.56. The Morgan fingerprint density at radius 1 is 0.913 bits per heavy atom. The fourth-order valence-electron chi connectivity index (χ4n) is 3.45. The number of carbonyl (C=O) groups is 1. The fraction of sp³-hybridized carbons (Fsp3) is 0.250. The number of benzene rings is 2. The molecule has 23 heavy (non-hydrogen) atoms. The van der Waals surface area contributed by atoms with Crippen molar-refractivity contribution in [1.29, 1.82) is 0 Å². The lowest BCUT2D eigenvalue weighted by molar-refractivity contribution is 0.0634. The Balaban J connectivity index is 1.84. The van der Waals surface area contributed by atoms with E-state index >= 15 is 0 Å². The van der Waals surface area contributed by atoms with Crippen LogP contribution in [-0.4, -0.2) is 37.0 Å². The first kappa shape index (κ1) is 14.2. The maximum Gasteiger partial charge on any atom is 0.191 e. The number of Topliss-reactive ketones (excluding diaryl/α,β-unsaturated/α-hetero) is 1. The predicted octanol–water partition coefficient (Wildman–Crippen LogP) is 3.17. The number of allylic oxidation sites excluding steroid dienone is 1. The largest absolute Gasteiger partial charge is 0.378 e. The molecule has 2 aromatic rings. The van der Waals surface area contributed by atoms with Gasteiger partial charge in [0, 0.05) is 30.6 Å². The van der Waals surface area contributed by atoms with Crippen LogP contribution in [0.4, 0.5) is 0 Å². The van der Waals surface area contributed by atoms with E-state index in [4.69, 9.17) is 4.74 Å². The van der Waals surface area contributed by atoms with Crippen molar-refractivity contribution in [3.63, 3.8) is 0 Å². The quantitative estimate of drug-likeness (QED) is 0.798. The van der Waals surface area contributed by atoms with Crippen molar-refractivity contribution in [2.75, 3.05) is 26.3 Å². The maximum absolute atomic E-state index is 12.9. The zero-order valence-corrected chi connectivity index (χ0v) is 13.0. The molecule has 3 heteroatoms. The van der Waals surface area contributed by atoms with Crippen LogP contribution in [0.15, 0.2) is 60.2 Å². The van der Waals surface area contributed by atoms with E-state index in [1.54, 1.807) is 0 Å². The van der Waals surface area contributed by atoms with Crippen molar-refractivity contribution >= 4 is 11.5 Å². The van der Waals surface area contributed by atoms with Crippen LogP contribution in [-0.2, 0) is 11.2 Å². The second-order valence-corrected chi connectivity index (χ2v) is 5.96. The average Bonchev–Trinajstić information content (AvgIpc) is 2.94. The molecule has 2 aromatic carbocycles. The van der Waals surface area contributed by atoms with E-state index in [0.29, 0.717) is 13.2 Å². The lowest BCUT2D eigenvalue weighted by atomic mass is 10.0. The number of carbonyl (C=O) groups excluding carboxylic acids is 1. The van der Waals surface area contributed by atoms with Crippen molar-refractivity contribution < 1.29 is 9.53 Å². The lowest BCUT2D eigenvalue weighted by Gasteiger charge is -2.32. The summed E-state index contributed by atoms with van der Waals surface area (Å²) in [5, 5.41) is 0. The summed E-state index contributed by atoms with van der Waals surface area (Å²) in [7, 11) is 0. The molecule has 0 amide bonds. The van der Waals surface area contributed by atoms with Crippen LogP contribution in [0.3, 0.4) is 0 Å². The van der Waals surface area contributed by atoms with Gasteiger partial charge in [-0.2, -0.15) is 0 Å². The summed E-state index contributed by atoms with van der Waals surface area (Å²) < 4.78 is 5.49. The van der Waals surface area contributed by atoms with Crippen LogP contribution in [0.25, 0.3) is 5.70 Å². The molecule has 0 spiro atoms. The van der Waals surface area contributed by atoms with E-state index in [1.165, 1.54) is 0 Å². The van der Waals surface area contributed by atoms with E-state index in [0.717, 1.165) is 47.5 Å². The van der Waals surface area contributed by atoms with Gasteiger partial charge in [-0.15, -0.1) is 0 Å². The van der Waals surface area contributed by atoms with Gasteiger partial charge in [0.15, 0.2) is 5.78 Å². The number of hydrogen-bond donors (Lipinski definition) is 0. The molecule has 1 saturated heterocycles. The lowest BCUT2D eigenvalue weighted by Crippen LogP contribution is -2.36. The highest BCUT2D eigenvalue weighted by Gasteiger charge is 2.30. The second-order valence-electron chi connectivity index (χ2n) is 5.96. The highest BCUT2D eigenvalue weighted by atomic mass is 16.5. The van der Waals surface area contributed by atoms with E-state index in [2.05, 4.69) is 23.1 Å². The number of rotatable bonds is 2. The Morgan fingerprint density at radius 2 is 1.61 bits per heavy atom. The van der Waals surface area contributed by atoms with Gasteiger partial charge in [0.2, 0.25) is 0 Å². The van der Waals surface area contributed by atoms with Gasteiger partial charge in [-0.05, 0) is 11.1 Å². The minimum atomic E-state index is 0.172. The summed E-state index contributed by atoms with van der Waals surface area (Å²) in [6.07, 6.45) is 0.719. The molecule has 0 bridgehead atoms. The van der Waals surface area contributed by atoms with Gasteiger partial charge < -0.3 is 9.64 Å². The Kier molecular flexibility index (Phi) is 3.72. The highest BCUT2D eigenvalue weighted by molar-refractivity contribution is 6.17. The fourth-order valence-corrected chi connectivity index (χ4v) is 3.45. The summed E-state index contributed by atoms with van der Waals surface area (Å²) in [5.74, 6) is 0.172. The number of ether oxygens (including phenoxy) is 1. The smallest absolute Gasteiger partial charge is 0.191 e. The highest BCUT2D eigenvalue weighted by Crippen LogP contribution is 2.34. The monoisotopic (exact) mass is 305 g/mol. The Hall–Kier alpha value is -2.39. The van der Waals surface area contributed by atoms with Crippen LogP contribution in [0.5, 0.6) is 0 Å². The molecule has 0 unspecified atom stereocenters. The van der Waals surface area contributed by atoms with Gasteiger partial charge in [0.05, 0.1) is 18.9 Å². The topological polar surface area (TPSA) is 29.5 Å². The molecular formula is C20H19NO2. The van der Waals surface area contributed by atoms with Gasteiger partial charge in [-0.3, -0.25) is 4.79 Å². The summed E-state index contributed by atoms with van der Waals surface area (Å²) in [5.41, 5.74) is 5.10. The third-order valence-corrected chi connectivity index (χ3v) is 4.56. The molecule has 0 N–H and O–H groups in total. The van der Waals surface area contributed by atoms with Crippen molar-refractivity contribution in [3.8, 4) is 0 Å². The van der Waals surface area contributed by atoms with E-state index in [1.807, 2.05) is 36.4 Å². The molecule has 1 aliphatic carbocycles.